The van der Waals surface area contributed by atoms with Gasteiger partial charge in [-0.15, -0.1) is 0 Å². The summed E-state index contributed by atoms with van der Waals surface area (Å²) in [6.07, 6.45) is 8.43. The van der Waals surface area contributed by atoms with E-state index >= 15 is 0 Å². The Balaban J connectivity index is 1.56. The SMILES string of the molecule is C=C1/C=C\C=C/CN(c2cccc(-n3c4ccccc4c4ccccc43)c2)c2ccccc21. The Labute approximate surface area is 194 Å². The first-order chi connectivity index (χ1) is 16.3. The lowest BCUT2D eigenvalue weighted by Crippen LogP contribution is -2.18. The molecule has 0 aliphatic carbocycles. The summed E-state index contributed by atoms with van der Waals surface area (Å²) in [5, 5.41) is 2.55. The molecule has 158 valence electrons. The van der Waals surface area contributed by atoms with Crippen molar-refractivity contribution in [1.29, 1.82) is 0 Å². The van der Waals surface area contributed by atoms with Crippen LogP contribution in [0, 0.1) is 0 Å². The van der Waals surface area contributed by atoms with Crippen LogP contribution in [-0.2, 0) is 0 Å². The molecule has 4 aromatic carbocycles. The molecule has 2 heterocycles. The highest BCUT2D eigenvalue weighted by atomic mass is 15.1. The molecule has 0 saturated heterocycles. The molecule has 1 aliphatic heterocycles. The van der Waals surface area contributed by atoms with Gasteiger partial charge in [-0.3, -0.25) is 0 Å². The summed E-state index contributed by atoms with van der Waals surface area (Å²) in [5.74, 6) is 0. The highest BCUT2D eigenvalue weighted by Gasteiger charge is 2.16. The van der Waals surface area contributed by atoms with Crippen LogP contribution < -0.4 is 4.90 Å². The Morgan fingerprint density at radius 1 is 0.636 bits per heavy atom. The zero-order valence-electron chi connectivity index (χ0n) is 18.4. The van der Waals surface area contributed by atoms with Crippen molar-refractivity contribution in [3.63, 3.8) is 0 Å². The first-order valence-electron chi connectivity index (χ1n) is 11.3. The zero-order chi connectivity index (χ0) is 22.2. The van der Waals surface area contributed by atoms with Gasteiger partial charge in [0, 0.05) is 39.9 Å². The predicted molar refractivity (Wildman–Crippen MR) is 142 cm³/mol. The highest BCUT2D eigenvalue weighted by molar-refractivity contribution is 6.09. The van der Waals surface area contributed by atoms with Gasteiger partial charge in [0.1, 0.15) is 0 Å². The van der Waals surface area contributed by atoms with Crippen LogP contribution in [0.4, 0.5) is 11.4 Å². The van der Waals surface area contributed by atoms with Crippen molar-refractivity contribution >= 4 is 38.8 Å². The number of fused-ring (bicyclic) bond motifs is 4. The van der Waals surface area contributed by atoms with Crippen molar-refractivity contribution in [2.24, 2.45) is 0 Å². The van der Waals surface area contributed by atoms with Crippen molar-refractivity contribution in [2.75, 3.05) is 11.4 Å². The fourth-order valence-electron chi connectivity index (χ4n) is 4.83. The third kappa shape index (κ3) is 3.28. The quantitative estimate of drug-likeness (QED) is 0.278. The van der Waals surface area contributed by atoms with E-state index in [0.29, 0.717) is 0 Å². The van der Waals surface area contributed by atoms with E-state index in [9.17, 15) is 0 Å². The van der Waals surface area contributed by atoms with Gasteiger partial charge < -0.3 is 9.47 Å². The number of allylic oxidation sites excluding steroid dienone is 4. The molecule has 0 radical (unpaired) electrons. The molecule has 0 spiro atoms. The maximum absolute atomic E-state index is 4.30. The van der Waals surface area contributed by atoms with Crippen molar-refractivity contribution in [1.82, 2.24) is 4.57 Å². The topological polar surface area (TPSA) is 8.17 Å². The number of hydrogen-bond acceptors (Lipinski definition) is 1. The van der Waals surface area contributed by atoms with Crippen LogP contribution >= 0.6 is 0 Å². The van der Waals surface area contributed by atoms with Crippen molar-refractivity contribution < 1.29 is 0 Å². The largest absolute Gasteiger partial charge is 0.337 e. The standard InChI is InChI=1S/C31H24N2/c1-23-12-3-2-10-21-32(29-18-7-4-15-26(23)29)24-13-11-14-25(22-24)33-30-19-8-5-16-27(30)28-17-6-9-20-31(28)33/h2-20,22H,1,21H2/b10-2-,12-3-. The summed E-state index contributed by atoms with van der Waals surface area (Å²) in [6.45, 7) is 5.08. The second kappa shape index (κ2) is 7.99. The van der Waals surface area contributed by atoms with Crippen LogP contribution in [0.15, 0.2) is 128 Å². The molecule has 1 aliphatic rings. The maximum Gasteiger partial charge on any atom is 0.0541 e. The van der Waals surface area contributed by atoms with Gasteiger partial charge in [0.2, 0.25) is 0 Å². The molecule has 0 amide bonds. The summed E-state index contributed by atoms with van der Waals surface area (Å²) in [6, 6.07) is 34.6. The molecule has 0 N–H and O–H groups in total. The molecule has 0 unspecified atom stereocenters. The second-order valence-electron chi connectivity index (χ2n) is 8.33. The van der Waals surface area contributed by atoms with E-state index in [2.05, 4.69) is 137 Å². The molecule has 0 bridgehead atoms. The van der Waals surface area contributed by atoms with E-state index in [-0.39, 0.29) is 0 Å². The molecule has 0 fully saturated rings. The van der Waals surface area contributed by atoms with Crippen molar-refractivity contribution in [3.05, 3.63) is 134 Å². The Morgan fingerprint density at radius 3 is 2.09 bits per heavy atom. The molecule has 33 heavy (non-hydrogen) atoms. The molecular formula is C31H24N2. The van der Waals surface area contributed by atoms with Crippen LogP contribution in [0.1, 0.15) is 5.56 Å². The monoisotopic (exact) mass is 424 g/mol. The number of para-hydroxylation sites is 3. The molecular weight excluding hydrogens is 400 g/mol. The summed E-state index contributed by atoms with van der Waals surface area (Å²) in [7, 11) is 0. The van der Waals surface area contributed by atoms with Crippen LogP contribution in [0.2, 0.25) is 0 Å². The number of benzene rings is 4. The Kier molecular flexibility index (Phi) is 4.70. The van der Waals surface area contributed by atoms with Gasteiger partial charge in [-0.2, -0.15) is 0 Å². The van der Waals surface area contributed by atoms with Crippen molar-refractivity contribution in [3.8, 4) is 5.69 Å². The Morgan fingerprint density at radius 2 is 1.30 bits per heavy atom. The third-order valence-electron chi connectivity index (χ3n) is 6.35. The average Bonchev–Trinajstić information content (AvgIpc) is 3.23. The van der Waals surface area contributed by atoms with Gasteiger partial charge in [-0.05, 0) is 42.0 Å². The minimum Gasteiger partial charge on any atom is -0.337 e. The molecule has 6 rings (SSSR count). The second-order valence-corrected chi connectivity index (χ2v) is 8.33. The van der Waals surface area contributed by atoms with E-state index in [1.165, 1.54) is 21.8 Å². The molecule has 1 aromatic heterocycles. The number of anilines is 2. The van der Waals surface area contributed by atoms with Gasteiger partial charge in [0.15, 0.2) is 0 Å². The summed E-state index contributed by atoms with van der Waals surface area (Å²) >= 11 is 0. The number of hydrogen-bond donors (Lipinski definition) is 0. The molecule has 0 saturated carbocycles. The zero-order valence-corrected chi connectivity index (χ0v) is 18.4. The molecule has 5 aromatic rings. The number of aromatic nitrogens is 1. The lowest BCUT2D eigenvalue weighted by Gasteiger charge is -2.27. The highest BCUT2D eigenvalue weighted by Crippen LogP contribution is 2.36. The Bertz CT molecular complexity index is 1510. The number of rotatable bonds is 2. The van der Waals surface area contributed by atoms with E-state index < -0.39 is 0 Å². The molecule has 0 atom stereocenters. The van der Waals surface area contributed by atoms with E-state index in [1.54, 1.807) is 0 Å². The van der Waals surface area contributed by atoms with E-state index in [1.807, 2.05) is 0 Å². The minimum absolute atomic E-state index is 0.783. The van der Waals surface area contributed by atoms with Crippen LogP contribution in [-0.4, -0.2) is 11.1 Å². The van der Waals surface area contributed by atoms with Gasteiger partial charge in [0.25, 0.3) is 0 Å². The van der Waals surface area contributed by atoms with Gasteiger partial charge >= 0.3 is 0 Å². The third-order valence-corrected chi connectivity index (χ3v) is 6.35. The average molecular weight is 425 g/mol. The van der Waals surface area contributed by atoms with Gasteiger partial charge in [-0.1, -0.05) is 91.5 Å². The fraction of sp³-hybridized carbons (Fsp3) is 0.0323. The first-order valence-corrected chi connectivity index (χ1v) is 11.3. The lowest BCUT2D eigenvalue weighted by atomic mass is 10.0. The smallest absolute Gasteiger partial charge is 0.0541 e. The van der Waals surface area contributed by atoms with Crippen LogP contribution in [0.25, 0.3) is 33.1 Å². The molecule has 2 nitrogen and oxygen atoms in total. The van der Waals surface area contributed by atoms with Gasteiger partial charge in [-0.25, -0.2) is 0 Å². The van der Waals surface area contributed by atoms with Crippen LogP contribution in [0.3, 0.4) is 0 Å². The lowest BCUT2D eigenvalue weighted by molar-refractivity contribution is 1.08. The summed E-state index contributed by atoms with van der Waals surface area (Å²) in [5.41, 5.74) is 8.08. The predicted octanol–water partition coefficient (Wildman–Crippen LogP) is 8.06. The van der Waals surface area contributed by atoms with E-state index in [0.717, 1.165) is 34.7 Å². The number of nitrogens with zero attached hydrogens (tertiary/aromatic N) is 2. The van der Waals surface area contributed by atoms with Gasteiger partial charge in [0.05, 0.1) is 11.0 Å². The molecule has 2 heteroatoms. The van der Waals surface area contributed by atoms with Crippen LogP contribution in [0.5, 0.6) is 0 Å². The fourth-order valence-corrected chi connectivity index (χ4v) is 4.83. The van der Waals surface area contributed by atoms with Crippen molar-refractivity contribution in [2.45, 2.75) is 0 Å². The normalized spacial score (nSPS) is 15.6. The summed E-state index contributed by atoms with van der Waals surface area (Å²) in [4.78, 5) is 2.36. The first kappa shape index (κ1) is 19.4. The van der Waals surface area contributed by atoms with E-state index in [4.69, 9.17) is 0 Å². The maximum atomic E-state index is 4.30. The minimum atomic E-state index is 0.783. The summed E-state index contributed by atoms with van der Waals surface area (Å²) < 4.78 is 2.37. The Hall–Kier alpha value is -4.30.